The Morgan fingerprint density at radius 2 is 2.15 bits per heavy atom. The molecule has 6 heteroatoms. The number of hydrogen-bond acceptors (Lipinski definition) is 5. The fraction of sp³-hybridized carbons (Fsp3) is 0.429. The number of benzene rings is 1. The molecule has 0 fully saturated rings. The van der Waals surface area contributed by atoms with E-state index in [1.807, 2.05) is 43.9 Å². The van der Waals surface area contributed by atoms with Gasteiger partial charge in [0, 0.05) is 18.8 Å². The second-order valence-electron chi connectivity index (χ2n) is 4.62. The second kappa shape index (κ2) is 6.09. The third-order valence-corrected chi connectivity index (χ3v) is 4.15. The number of nitrogens with two attached hydrogens (primary N) is 1. The van der Waals surface area contributed by atoms with Gasteiger partial charge in [0.2, 0.25) is 5.91 Å². The summed E-state index contributed by atoms with van der Waals surface area (Å²) in [5, 5.41) is 3.92. The summed E-state index contributed by atoms with van der Waals surface area (Å²) in [6, 6.07) is 5.34. The molecule has 5 nitrogen and oxygen atoms in total. The SMILES string of the molecule is CCN(CC)C(=O)C(C)Nc1nc2ccc(N)cc2s1. The lowest BCUT2D eigenvalue weighted by Crippen LogP contribution is -2.41. The number of carbonyl (C=O) groups is 1. The minimum absolute atomic E-state index is 0.0915. The van der Waals surface area contributed by atoms with Crippen LogP contribution in [0.1, 0.15) is 20.8 Å². The van der Waals surface area contributed by atoms with Gasteiger partial charge in [-0.1, -0.05) is 11.3 Å². The first-order valence-electron chi connectivity index (χ1n) is 6.76. The highest BCUT2D eigenvalue weighted by Gasteiger charge is 2.19. The standard InChI is InChI=1S/C14H20N4OS/c1-4-18(5-2)13(19)9(3)16-14-17-11-7-6-10(15)8-12(11)20-14/h6-9H,4-5,15H2,1-3H3,(H,16,17). The molecule has 3 N–H and O–H groups in total. The Hall–Kier alpha value is -1.82. The van der Waals surface area contributed by atoms with Gasteiger partial charge in [-0.15, -0.1) is 0 Å². The van der Waals surface area contributed by atoms with Gasteiger partial charge in [-0.05, 0) is 39.0 Å². The monoisotopic (exact) mass is 292 g/mol. The molecule has 1 amide bonds. The summed E-state index contributed by atoms with van der Waals surface area (Å²) in [6.07, 6.45) is 0. The lowest BCUT2D eigenvalue weighted by Gasteiger charge is -2.23. The van der Waals surface area contributed by atoms with Crippen molar-refractivity contribution >= 4 is 38.3 Å². The van der Waals surface area contributed by atoms with Crippen molar-refractivity contribution in [2.24, 2.45) is 0 Å². The first-order valence-corrected chi connectivity index (χ1v) is 7.58. The zero-order chi connectivity index (χ0) is 14.7. The van der Waals surface area contributed by atoms with Gasteiger partial charge in [0.1, 0.15) is 6.04 Å². The minimum atomic E-state index is -0.284. The maximum Gasteiger partial charge on any atom is 0.244 e. The van der Waals surface area contributed by atoms with E-state index in [0.29, 0.717) is 0 Å². The van der Waals surface area contributed by atoms with Crippen LogP contribution in [0.2, 0.25) is 0 Å². The topological polar surface area (TPSA) is 71.2 Å². The van der Waals surface area contributed by atoms with E-state index in [9.17, 15) is 4.79 Å². The fourth-order valence-corrected chi connectivity index (χ4v) is 3.06. The van der Waals surface area contributed by atoms with Crippen LogP contribution in [-0.2, 0) is 4.79 Å². The van der Waals surface area contributed by atoms with Crippen LogP contribution < -0.4 is 11.1 Å². The summed E-state index contributed by atoms with van der Waals surface area (Å²) < 4.78 is 1.02. The summed E-state index contributed by atoms with van der Waals surface area (Å²) in [7, 11) is 0. The largest absolute Gasteiger partial charge is 0.399 e. The molecule has 108 valence electrons. The summed E-state index contributed by atoms with van der Waals surface area (Å²) >= 11 is 1.51. The molecule has 1 atom stereocenters. The first kappa shape index (κ1) is 14.6. The molecule has 20 heavy (non-hydrogen) atoms. The highest BCUT2D eigenvalue weighted by Crippen LogP contribution is 2.27. The quantitative estimate of drug-likeness (QED) is 0.831. The van der Waals surface area contributed by atoms with Gasteiger partial charge in [-0.3, -0.25) is 4.79 Å². The van der Waals surface area contributed by atoms with Gasteiger partial charge < -0.3 is 16.0 Å². The van der Waals surface area contributed by atoms with Crippen LogP contribution in [0.15, 0.2) is 18.2 Å². The first-order chi connectivity index (χ1) is 9.55. The molecule has 0 aliphatic rings. The number of carbonyl (C=O) groups excluding carboxylic acids is 1. The van der Waals surface area contributed by atoms with Crippen LogP contribution in [0.4, 0.5) is 10.8 Å². The van der Waals surface area contributed by atoms with Crippen molar-refractivity contribution in [2.45, 2.75) is 26.8 Å². The number of likely N-dealkylation sites (N-methyl/N-ethyl adjacent to an activating group) is 1. The van der Waals surface area contributed by atoms with Gasteiger partial charge >= 0.3 is 0 Å². The average Bonchev–Trinajstić information content (AvgIpc) is 2.81. The van der Waals surface area contributed by atoms with E-state index in [2.05, 4.69) is 10.3 Å². The lowest BCUT2D eigenvalue weighted by atomic mass is 10.3. The Bertz CT molecular complexity index is 606. The van der Waals surface area contributed by atoms with Crippen molar-refractivity contribution in [3.8, 4) is 0 Å². The number of amides is 1. The van der Waals surface area contributed by atoms with Crippen molar-refractivity contribution in [3.63, 3.8) is 0 Å². The Balaban J connectivity index is 2.13. The minimum Gasteiger partial charge on any atom is -0.399 e. The van der Waals surface area contributed by atoms with Crippen LogP contribution in [0, 0.1) is 0 Å². The molecule has 0 spiro atoms. The fourth-order valence-electron chi connectivity index (χ4n) is 2.06. The number of rotatable bonds is 5. The molecule has 2 rings (SSSR count). The number of thiazole rings is 1. The molecule has 1 heterocycles. The van der Waals surface area contributed by atoms with Crippen molar-refractivity contribution in [3.05, 3.63) is 18.2 Å². The Morgan fingerprint density at radius 1 is 1.45 bits per heavy atom. The molecule has 0 saturated heterocycles. The van der Waals surface area contributed by atoms with Crippen LogP contribution in [0.3, 0.4) is 0 Å². The number of anilines is 2. The van der Waals surface area contributed by atoms with Crippen molar-refractivity contribution in [2.75, 3.05) is 24.1 Å². The van der Waals surface area contributed by atoms with Gasteiger partial charge in [0.25, 0.3) is 0 Å². The number of aromatic nitrogens is 1. The lowest BCUT2D eigenvalue weighted by molar-refractivity contribution is -0.131. The number of nitrogen functional groups attached to an aromatic ring is 1. The van der Waals surface area contributed by atoms with Gasteiger partial charge in [0.15, 0.2) is 5.13 Å². The Labute approximate surface area is 122 Å². The van der Waals surface area contributed by atoms with Crippen molar-refractivity contribution < 1.29 is 4.79 Å². The van der Waals surface area contributed by atoms with Crippen LogP contribution in [0.25, 0.3) is 10.2 Å². The van der Waals surface area contributed by atoms with Crippen LogP contribution >= 0.6 is 11.3 Å². The maximum atomic E-state index is 12.2. The number of hydrogen-bond donors (Lipinski definition) is 2. The zero-order valence-corrected chi connectivity index (χ0v) is 12.8. The van der Waals surface area contributed by atoms with E-state index in [1.165, 1.54) is 11.3 Å². The maximum absolute atomic E-state index is 12.2. The predicted molar refractivity (Wildman–Crippen MR) is 85.0 cm³/mol. The normalized spacial score (nSPS) is 12.3. The highest BCUT2D eigenvalue weighted by atomic mass is 32.1. The van der Waals surface area contributed by atoms with Crippen LogP contribution in [-0.4, -0.2) is 34.9 Å². The molecule has 0 aliphatic carbocycles. The molecular formula is C14H20N4OS. The number of fused-ring (bicyclic) bond motifs is 1. The summed E-state index contributed by atoms with van der Waals surface area (Å²) in [4.78, 5) is 18.5. The molecular weight excluding hydrogens is 272 g/mol. The summed E-state index contributed by atoms with van der Waals surface area (Å²) in [6.45, 7) is 7.26. The smallest absolute Gasteiger partial charge is 0.244 e. The van der Waals surface area contributed by atoms with E-state index in [1.54, 1.807) is 0 Å². The van der Waals surface area contributed by atoms with Gasteiger partial charge in [0.05, 0.1) is 10.2 Å². The predicted octanol–water partition coefficient (Wildman–Crippen LogP) is 2.55. The third-order valence-electron chi connectivity index (χ3n) is 3.20. The van der Waals surface area contributed by atoms with E-state index in [0.717, 1.165) is 34.1 Å². The molecule has 0 radical (unpaired) electrons. The van der Waals surface area contributed by atoms with E-state index < -0.39 is 0 Å². The number of nitrogens with zero attached hydrogens (tertiary/aromatic N) is 2. The van der Waals surface area contributed by atoms with Gasteiger partial charge in [-0.25, -0.2) is 4.98 Å². The van der Waals surface area contributed by atoms with Crippen LogP contribution in [0.5, 0.6) is 0 Å². The molecule has 1 aromatic carbocycles. The zero-order valence-electron chi connectivity index (χ0n) is 12.0. The summed E-state index contributed by atoms with van der Waals surface area (Å²) in [5.74, 6) is 0.0915. The van der Waals surface area contributed by atoms with E-state index in [4.69, 9.17) is 5.73 Å². The molecule has 0 saturated carbocycles. The highest BCUT2D eigenvalue weighted by molar-refractivity contribution is 7.22. The molecule has 1 aromatic heterocycles. The van der Waals surface area contributed by atoms with E-state index in [-0.39, 0.29) is 11.9 Å². The van der Waals surface area contributed by atoms with Crippen molar-refractivity contribution in [1.82, 2.24) is 9.88 Å². The molecule has 2 aromatic rings. The molecule has 0 bridgehead atoms. The molecule has 1 unspecified atom stereocenters. The number of nitrogens with one attached hydrogen (secondary N) is 1. The van der Waals surface area contributed by atoms with Crippen molar-refractivity contribution in [1.29, 1.82) is 0 Å². The van der Waals surface area contributed by atoms with E-state index >= 15 is 0 Å². The molecule has 0 aliphatic heterocycles. The Morgan fingerprint density at radius 3 is 2.80 bits per heavy atom. The van der Waals surface area contributed by atoms with Gasteiger partial charge in [-0.2, -0.15) is 0 Å². The second-order valence-corrected chi connectivity index (χ2v) is 5.65. The third kappa shape index (κ3) is 3.01. The summed E-state index contributed by atoms with van der Waals surface area (Å²) in [5.41, 5.74) is 7.38. The Kier molecular flexibility index (Phi) is 4.44. The average molecular weight is 292 g/mol.